The van der Waals surface area contributed by atoms with Crippen molar-refractivity contribution in [2.75, 3.05) is 5.32 Å². The van der Waals surface area contributed by atoms with E-state index in [2.05, 4.69) is 39.4 Å². The highest BCUT2D eigenvalue weighted by molar-refractivity contribution is 9.10. The van der Waals surface area contributed by atoms with Crippen molar-refractivity contribution in [3.63, 3.8) is 0 Å². The van der Waals surface area contributed by atoms with Gasteiger partial charge in [0, 0.05) is 16.2 Å². The van der Waals surface area contributed by atoms with Crippen LogP contribution in [0.25, 0.3) is 0 Å². The second-order valence-corrected chi connectivity index (χ2v) is 6.42. The minimum Gasteiger partial charge on any atom is -0.382 e. The molecule has 2 aromatic rings. The third-order valence-electron chi connectivity index (χ3n) is 3.77. The number of rotatable bonds is 3. The Morgan fingerprint density at radius 3 is 2.60 bits per heavy atom. The molecule has 0 amide bonds. The molecule has 1 saturated carbocycles. The molecule has 1 aliphatic rings. The van der Waals surface area contributed by atoms with Gasteiger partial charge in [0.2, 0.25) is 0 Å². The van der Waals surface area contributed by atoms with Crippen LogP contribution in [0.4, 0.5) is 10.1 Å². The second-order valence-electron chi connectivity index (χ2n) is 5.16. The van der Waals surface area contributed by atoms with Crippen LogP contribution >= 0.6 is 27.5 Å². The molecule has 1 aliphatic carbocycles. The van der Waals surface area contributed by atoms with E-state index in [-0.39, 0.29) is 10.8 Å². The largest absolute Gasteiger partial charge is 0.382 e. The lowest BCUT2D eigenvalue weighted by Gasteiger charge is -2.37. The summed E-state index contributed by atoms with van der Waals surface area (Å²) in [5, 5.41) is 3.56. The molecule has 1 fully saturated rings. The van der Waals surface area contributed by atoms with Crippen molar-refractivity contribution in [1.29, 1.82) is 0 Å². The maximum Gasteiger partial charge on any atom is 0.141 e. The molecule has 1 nitrogen and oxygen atoms in total. The summed E-state index contributed by atoms with van der Waals surface area (Å²) in [6.45, 7) is 0. The highest BCUT2D eigenvalue weighted by atomic mass is 79.9. The van der Waals surface area contributed by atoms with Gasteiger partial charge in [0.05, 0.1) is 5.02 Å². The average molecular weight is 355 g/mol. The lowest BCUT2D eigenvalue weighted by Crippen LogP contribution is -2.34. The van der Waals surface area contributed by atoms with Gasteiger partial charge in [-0.2, -0.15) is 0 Å². The fourth-order valence-corrected chi connectivity index (χ4v) is 3.41. The van der Waals surface area contributed by atoms with Crippen LogP contribution in [0.1, 0.15) is 24.3 Å². The maximum absolute atomic E-state index is 13.1. The van der Waals surface area contributed by atoms with Gasteiger partial charge in [-0.15, -0.1) is 0 Å². The topological polar surface area (TPSA) is 12.0 Å². The van der Waals surface area contributed by atoms with Gasteiger partial charge in [0.15, 0.2) is 0 Å². The summed E-state index contributed by atoms with van der Waals surface area (Å²) in [7, 11) is 0. The van der Waals surface area contributed by atoms with Crippen molar-refractivity contribution in [1.82, 2.24) is 0 Å². The lowest BCUT2D eigenvalue weighted by molar-refractivity contribution is 0.373. The van der Waals surface area contributed by atoms with Gasteiger partial charge in [-0.3, -0.25) is 0 Å². The third-order valence-corrected chi connectivity index (χ3v) is 4.79. The van der Waals surface area contributed by atoms with Crippen LogP contribution in [0.2, 0.25) is 5.02 Å². The van der Waals surface area contributed by atoms with Crippen molar-refractivity contribution in [2.45, 2.75) is 24.8 Å². The van der Waals surface area contributed by atoms with E-state index in [4.69, 9.17) is 11.6 Å². The quantitative estimate of drug-likeness (QED) is 0.756. The van der Waals surface area contributed by atoms with E-state index in [0.29, 0.717) is 12.0 Å². The van der Waals surface area contributed by atoms with Crippen LogP contribution in [0, 0.1) is 5.82 Å². The first-order valence-corrected chi connectivity index (χ1v) is 7.76. The standard InChI is InChI=1S/C16H14BrClFN/c17-14-4-2-1-3-13(14)10-7-12(8-10)20-11-5-6-16(19)15(18)9-11/h1-6,9-10,12,20H,7-8H2. The summed E-state index contributed by atoms with van der Waals surface area (Å²) >= 11 is 9.38. The van der Waals surface area contributed by atoms with E-state index in [1.807, 2.05) is 6.07 Å². The molecule has 0 unspecified atom stereocenters. The Morgan fingerprint density at radius 2 is 1.90 bits per heavy atom. The molecule has 20 heavy (non-hydrogen) atoms. The molecular weight excluding hydrogens is 341 g/mol. The zero-order valence-corrected chi connectivity index (χ0v) is 13.1. The summed E-state index contributed by atoms with van der Waals surface area (Å²) in [4.78, 5) is 0. The first kappa shape index (κ1) is 13.9. The van der Waals surface area contributed by atoms with Crippen LogP contribution in [0.15, 0.2) is 46.9 Å². The SMILES string of the molecule is Fc1ccc(NC2CC(c3ccccc3Br)C2)cc1Cl. The van der Waals surface area contributed by atoms with E-state index in [1.54, 1.807) is 12.1 Å². The fourth-order valence-electron chi connectivity index (χ4n) is 2.62. The summed E-state index contributed by atoms with van der Waals surface area (Å²) in [5.41, 5.74) is 2.25. The predicted octanol–water partition coefficient (Wildman–Crippen LogP) is 5.60. The third kappa shape index (κ3) is 2.84. The Kier molecular flexibility index (Phi) is 3.99. The maximum atomic E-state index is 13.1. The normalized spacial score (nSPS) is 21.4. The first-order valence-electron chi connectivity index (χ1n) is 6.59. The molecule has 1 N–H and O–H groups in total. The Labute approximate surface area is 131 Å². The van der Waals surface area contributed by atoms with Crippen molar-refractivity contribution in [3.05, 3.63) is 63.3 Å². The molecule has 0 bridgehead atoms. The Hall–Kier alpha value is -1.06. The molecule has 0 radical (unpaired) electrons. The Bertz CT molecular complexity index is 626. The van der Waals surface area contributed by atoms with Gasteiger partial charge >= 0.3 is 0 Å². The van der Waals surface area contributed by atoms with Crippen LogP contribution in [-0.4, -0.2) is 6.04 Å². The van der Waals surface area contributed by atoms with Crippen molar-refractivity contribution < 1.29 is 4.39 Å². The van der Waals surface area contributed by atoms with Crippen LogP contribution in [0.3, 0.4) is 0 Å². The smallest absolute Gasteiger partial charge is 0.141 e. The first-order chi connectivity index (χ1) is 9.63. The van der Waals surface area contributed by atoms with Gasteiger partial charge in [0.1, 0.15) is 5.82 Å². The minimum atomic E-state index is -0.378. The lowest BCUT2D eigenvalue weighted by atomic mass is 9.76. The van der Waals surface area contributed by atoms with E-state index in [1.165, 1.54) is 16.1 Å². The number of anilines is 1. The van der Waals surface area contributed by atoms with Crippen molar-refractivity contribution in [3.8, 4) is 0 Å². The summed E-state index contributed by atoms with van der Waals surface area (Å²) < 4.78 is 14.3. The molecule has 0 heterocycles. The molecule has 0 atom stereocenters. The van der Waals surface area contributed by atoms with Crippen molar-refractivity contribution >= 4 is 33.2 Å². The summed E-state index contributed by atoms with van der Waals surface area (Å²) in [5.74, 6) is 0.205. The highest BCUT2D eigenvalue weighted by Crippen LogP contribution is 2.41. The Morgan fingerprint density at radius 1 is 1.15 bits per heavy atom. The molecule has 2 aromatic carbocycles. The van der Waals surface area contributed by atoms with Crippen molar-refractivity contribution in [2.24, 2.45) is 0 Å². The second kappa shape index (κ2) is 5.74. The molecule has 0 saturated heterocycles. The molecule has 104 valence electrons. The average Bonchev–Trinajstić information content (AvgIpc) is 2.39. The zero-order chi connectivity index (χ0) is 14.1. The minimum absolute atomic E-state index is 0.164. The number of nitrogens with one attached hydrogen (secondary N) is 1. The van der Waals surface area contributed by atoms with Crippen LogP contribution in [0.5, 0.6) is 0 Å². The van der Waals surface area contributed by atoms with E-state index in [9.17, 15) is 4.39 Å². The van der Waals surface area contributed by atoms with Gasteiger partial charge in [-0.05, 0) is 48.6 Å². The monoisotopic (exact) mass is 353 g/mol. The molecule has 0 aliphatic heterocycles. The summed E-state index contributed by atoms with van der Waals surface area (Å²) in [6.07, 6.45) is 2.16. The van der Waals surface area contributed by atoms with E-state index < -0.39 is 0 Å². The van der Waals surface area contributed by atoms with Gasteiger partial charge < -0.3 is 5.32 Å². The number of halogens is 3. The number of benzene rings is 2. The molecular formula is C16H14BrClFN. The van der Waals surface area contributed by atoms with Gasteiger partial charge in [-0.1, -0.05) is 45.7 Å². The van der Waals surface area contributed by atoms with Gasteiger partial charge in [0.25, 0.3) is 0 Å². The van der Waals surface area contributed by atoms with E-state index in [0.717, 1.165) is 18.5 Å². The number of hydrogen-bond donors (Lipinski definition) is 1. The van der Waals surface area contributed by atoms with Gasteiger partial charge in [-0.25, -0.2) is 4.39 Å². The number of hydrogen-bond acceptors (Lipinski definition) is 1. The summed E-state index contributed by atoms with van der Waals surface area (Å²) in [6, 6.07) is 13.5. The van der Waals surface area contributed by atoms with Crippen LogP contribution < -0.4 is 5.32 Å². The fraction of sp³-hybridized carbons (Fsp3) is 0.250. The molecule has 0 aromatic heterocycles. The highest BCUT2D eigenvalue weighted by Gasteiger charge is 2.31. The van der Waals surface area contributed by atoms with E-state index >= 15 is 0 Å². The van der Waals surface area contributed by atoms with Crippen LogP contribution in [-0.2, 0) is 0 Å². The Balaban J connectivity index is 1.61. The molecule has 3 rings (SSSR count). The predicted molar refractivity (Wildman–Crippen MR) is 84.9 cm³/mol. The molecule has 4 heteroatoms. The zero-order valence-electron chi connectivity index (χ0n) is 10.7. The molecule has 0 spiro atoms.